The lowest BCUT2D eigenvalue weighted by molar-refractivity contribution is -0.116. The topological polar surface area (TPSA) is 41.1 Å². The molecule has 0 aromatic heterocycles. The van der Waals surface area contributed by atoms with Gasteiger partial charge in [0.25, 0.3) is 0 Å². The Hall–Kier alpha value is -2.62. The third-order valence-electron chi connectivity index (χ3n) is 3.05. The highest BCUT2D eigenvalue weighted by atomic mass is 19.1. The predicted octanol–water partition coefficient (Wildman–Crippen LogP) is 3.46. The molecule has 1 amide bonds. The Labute approximate surface area is 129 Å². The highest BCUT2D eigenvalue weighted by Gasteiger charge is 1.96. The van der Waals surface area contributed by atoms with Crippen LogP contribution in [-0.4, -0.2) is 19.0 Å². The maximum Gasteiger partial charge on any atom is 0.244 e. The highest BCUT2D eigenvalue weighted by molar-refractivity contribution is 5.91. The number of hydrogen-bond donors (Lipinski definition) is 2. The lowest BCUT2D eigenvalue weighted by atomic mass is 10.2. The summed E-state index contributed by atoms with van der Waals surface area (Å²) in [6.45, 7) is 1.40. The van der Waals surface area contributed by atoms with Gasteiger partial charge in [0.15, 0.2) is 0 Å². The van der Waals surface area contributed by atoms with Crippen LogP contribution in [0.1, 0.15) is 12.0 Å². The Bertz CT molecular complexity index is 609. The highest BCUT2D eigenvalue weighted by Crippen LogP contribution is 2.05. The molecule has 2 aromatic carbocycles. The summed E-state index contributed by atoms with van der Waals surface area (Å²) in [7, 11) is 0. The summed E-state index contributed by atoms with van der Waals surface area (Å²) in [5.41, 5.74) is 1.87. The molecule has 3 nitrogen and oxygen atoms in total. The van der Waals surface area contributed by atoms with Crippen LogP contribution < -0.4 is 10.6 Å². The Morgan fingerprint density at radius 3 is 2.45 bits per heavy atom. The zero-order chi connectivity index (χ0) is 15.6. The Kier molecular flexibility index (Phi) is 6.18. The van der Waals surface area contributed by atoms with Crippen molar-refractivity contribution in [2.45, 2.75) is 6.42 Å². The molecule has 2 aromatic rings. The van der Waals surface area contributed by atoms with Crippen LogP contribution in [0, 0.1) is 5.82 Å². The summed E-state index contributed by atoms with van der Waals surface area (Å²) in [6, 6.07) is 15.9. The molecule has 0 aliphatic heterocycles. The molecule has 2 rings (SSSR count). The summed E-state index contributed by atoms with van der Waals surface area (Å²) < 4.78 is 12.7. The van der Waals surface area contributed by atoms with Crippen molar-refractivity contribution in [3.8, 4) is 0 Å². The number of benzene rings is 2. The van der Waals surface area contributed by atoms with Crippen molar-refractivity contribution in [1.82, 2.24) is 5.32 Å². The van der Waals surface area contributed by atoms with Gasteiger partial charge in [0.2, 0.25) is 5.91 Å². The molecule has 0 unspecified atom stereocenters. The standard InChI is InChI=1S/C18H19FN2O/c19-16-10-7-15(8-11-16)9-12-18(22)21-14-4-13-20-17-5-2-1-3-6-17/h1-3,5-12,20H,4,13-14H2,(H,21,22)/b12-9+. The number of nitrogens with one attached hydrogen (secondary N) is 2. The second-order valence-electron chi connectivity index (χ2n) is 4.82. The fourth-order valence-corrected chi connectivity index (χ4v) is 1.89. The second-order valence-corrected chi connectivity index (χ2v) is 4.82. The monoisotopic (exact) mass is 298 g/mol. The van der Waals surface area contributed by atoms with Crippen molar-refractivity contribution in [3.05, 3.63) is 72.1 Å². The van der Waals surface area contributed by atoms with Crippen LogP contribution in [0.4, 0.5) is 10.1 Å². The molecule has 0 saturated carbocycles. The first-order chi connectivity index (χ1) is 10.7. The van der Waals surface area contributed by atoms with Crippen molar-refractivity contribution in [1.29, 1.82) is 0 Å². The maximum absolute atomic E-state index is 12.7. The third-order valence-corrected chi connectivity index (χ3v) is 3.05. The van der Waals surface area contributed by atoms with Gasteiger partial charge in [-0.25, -0.2) is 4.39 Å². The number of halogens is 1. The Morgan fingerprint density at radius 1 is 1.00 bits per heavy atom. The number of para-hydroxylation sites is 1. The smallest absolute Gasteiger partial charge is 0.244 e. The average molecular weight is 298 g/mol. The first kappa shape index (κ1) is 15.8. The molecule has 22 heavy (non-hydrogen) atoms. The van der Waals surface area contributed by atoms with Crippen LogP contribution in [0.15, 0.2) is 60.7 Å². The molecule has 2 N–H and O–H groups in total. The first-order valence-electron chi connectivity index (χ1n) is 7.24. The van der Waals surface area contributed by atoms with Gasteiger partial charge in [0.05, 0.1) is 0 Å². The fraction of sp³-hybridized carbons (Fsp3) is 0.167. The Morgan fingerprint density at radius 2 is 1.73 bits per heavy atom. The second kappa shape index (κ2) is 8.62. The van der Waals surface area contributed by atoms with Gasteiger partial charge in [-0.05, 0) is 42.3 Å². The fourth-order valence-electron chi connectivity index (χ4n) is 1.89. The first-order valence-corrected chi connectivity index (χ1v) is 7.24. The molecule has 0 bridgehead atoms. The minimum Gasteiger partial charge on any atom is -0.385 e. The zero-order valence-corrected chi connectivity index (χ0v) is 12.3. The van der Waals surface area contributed by atoms with E-state index in [1.54, 1.807) is 18.2 Å². The summed E-state index contributed by atoms with van der Waals surface area (Å²) in [6.07, 6.45) is 3.96. The van der Waals surface area contributed by atoms with E-state index in [4.69, 9.17) is 0 Å². The largest absolute Gasteiger partial charge is 0.385 e. The number of hydrogen-bond acceptors (Lipinski definition) is 2. The van der Waals surface area contributed by atoms with Crippen molar-refractivity contribution in [2.75, 3.05) is 18.4 Å². The van der Waals surface area contributed by atoms with Crippen LogP contribution in [0.25, 0.3) is 6.08 Å². The van der Waals surface area contributed by atoms with Gasteiger partial charge in [0.1, 0.15) is 5.82 Å². The minimum atomic E-state index is -0.285. The molecule has 0 atom stereocenters. The van der Waals surface area contributed by atoms with Crippen LogP contribution in [0.2, 0.25) is 0 Å². The van der Waals surface area contributed by atoms with Crippen molar-refractivity contribution in [3.63, 3.8) is 0 Å². The van der Waals surface area contributed by atoms with Crippen molar-refractivity contribution in [2.24, 2.45) is 0 Å². The summed E-state index contributed by atoms with van der Waals surface area (Å²) in [5, 5.41) is 6.09. The average Bonchev–Trinajstić information content (AvgIpc) is 2.55. The van der Waals surface area contributed by atoms with Gasteiger partial charge < -0.3 is 10.6 Å². The third kappa shape index (κ3) is 5.79. The van der Waals surface area contributed by atoms with E-state index in [0.29, 0.717) is 6.54 Å². The molecule has 0 radical (unpaired) electrons. The van der Waals surface area contributed by atoms with Gasteiger partial charge in [-0.3, -0.25) is 4.79 Å². The van der Waals surface area contributed by atoms with Gasteiger partial charge in [-0.1, -0.05) is 30.3 Å². The number of rotatable bonds is 7. The maximum atomic E-state index is 12.7. The summed E-state index contributed by atoms with van der Waals surface area (Å²) >= 11 is 0. The van der Waals surface area contributed by atoms with E-state index in [-0.39, 0.29) is 11.7 Å². The quantitative estimate of drug-likeness (QED) is 0.607. The number of carbonyl (C=O) groups excluding carboxylic acids is 1. The molecular weight excluding hydrogens is 279 g/mol. The van der Waals surface area contributed by atoms with E-state index in [0.717, 1.165) is 24.2 Å². The molecular formula is C18H19FN2O. The minimum absolute atomic E-state index is 0.149. The van der Waals surface area contributed by atoms with Gasteiger partial charge in [0, 0.05) is 24.9 Å². The SMILES string of the molecule is O=C(/C=C/c1ccc(F)cc1)NCCCNc1ccccc1. The molecule has 0 saturated heterocycles. The molecule has 0 spiro atoms. The van der Waals surface area contributed by atoms with Crippen LogP contribution in [0.5, 0.6) is 0 Å². The van der Waals surface area contributed by atoms with Crippen molar-refractivity contribution >= 4 is 17.7 Å². The number of anilines is 1. The lowest BCUT2D eigenvalue weighted by Crippen LogP contribution is -2.23. The molecule has 0 heterocycles. The Balaban J connectivity index is 1.62. The number of amides is 1. The molecule has 0 aliphatic rings. The summed E-state index contributed by atoms with van der Waals surface area (Å²) in [4.78, 5) is 11.6. The van der Waals surface area contributed by atoms with Gasteiger partial charge in [-0.15, -0.1) is 0 Å². The lowest BCUT2D eigenvalue weighted by Gasteiger charge is -2.06. The van der Waals surface area contributed by atoms with Crippen LogP contribution >= 0.6 is 0 Å². The zero-order valence-electron chi connectivity index (χ0n) is 12.3. The van der Waals surface area contributed by atoms with Crippen molar-refractivity contribution < 1.29 is 9.18 Å². The van der Waals surface area contributed by atoms with E-state index < -0.39 is 0 Å². The number of carbonyl (C=O) groups is 1. The van der Waals surface area contributed by atoms with Gasteiger partial charge in [-0.2, -0.15) is 0 Å². The molecule has 114 valence electrons. The molecule has 0 fully saturated rings. The summed E-state index contributed by atoms with van der Waals surface area (Å²) in [5.74, 6) is -0.434. The molecule has 0 aliphatic carbocycles. The normalized spacial score (nSPS) is 10.6. The predicted molar refractivity (Wildman–Crippen MR) is 88.0 cm³/mol. The van der Waals surface area contributed by atoms with E-state index >= 15 is 0 Å². The van der Waals surface area contributed by atoms with E-state index in [9.17, 15) is 9.18 Å². The van der Waals surface area contributed by atoms with Crippen LogP contribution in [-0.2, 0) is 4.79 Å². The van der Waals surface area contributed by atoms with E-state index in [1.165, 1.54) is 18.2 Å². The van der Waals surface area contributed by atoms with E-state index in [1.807, 2.05) is 30.3 Å². The van der Waals surface area contributed by atoms with Crippen LogP contribution in [0.3, 0.4) is 0 Å². The van der Waals surface area contributed by atoms with Gasteiger partial charge >= 0.3 is 0 Å². The molecule has 4 heteroatoms. The van der Waals surface area contributed by atoms with E-state index in [2.05, 4.69) is 10.6 Å².